The number of fused-ring (bicyclic) bond motifs is 1. The average molecular weight is 309 g/mol. The van der Waals surface area contributed by atoms with Crippen molar-refractivity contribution in [2.24, 2.45) is 0 Å². The number of rotatable bonds is 3. The Bertz CT molecular complexity index is 685. The summed E-state index contributed by atoms with van der Waals surface area (Å²) in [4.78, 5) is 14.0. The van der Waals surface area contributed by atoms with Gasteiger partial charge in [-0.05, 0) is 12.1 Å². The van der Waals surface area contributed by atoms with E-state index in [9.17, 15) is 20.1 Å². The fourth-order valence-electron chi connectivity index (χ4n) is 2.42. The molecule has 22 heavy (non-hydrogen) atoms. The number of aliphatic hydroxyl groups excluding tert-OH is 3. The lowest BCUT2D eigenvalue weighted by molar-refractivity contribution is -0.270. The third kappa shape index (κ3) is 2.42. The lowest BCUT2D eigenvalue weighted by Crippen LogP contribution is -2.61. The largest absolute Gasteiger partial charge is 0.479 e. The molecule has 5 N–H and O–H groups in total. The number of nitrogens with one attached hydrogen (secondary N) is 1. The Labute approximate surface area is 124 Å². The first-order valence-electron chi connectivity index (χ1n) is 6.64. The van der Waals surface area contributed by atoms with Gasteiger partial charge in [-0.25, -0.2) is 4.79 Å². The maximum atomic E-state index is 11.0. The standard InChI is InChI=1S/C14H15NO7/c16-9-10(17)12(13(19)20)22-14(11(9)18)21-8-5-15-7-4-2-1-3-6(7)8/h1-5,9-12,14-18H,(H,19,20)/t9-,10-,11+,12-,14-/m1/s1. The second-order valence-corrected chi connectivity index (χ2v) is 5.05. The summed E-state index contributed by atoms with van der Waals surface area (Å²) in [6.07, 6.45) is -6.58. The molecule has 1 aromatic heterocycles. The minimum absolute atomic E-state index is 0.340. The van der Waals surface area contributed by atoms with Crippen molar-refractivity contribution in [1.29, 1.82) is 0 Å². The van der Waals surface area contributed by atoms with Crippen LogP contribution in [0.15, 0.2) is 30.5 Å². The van der Waals surface area contributed by atoms with E-state index in [0.29, 0.717) is 11.1 Å². The third-order valence-electron chi connectivity index (χ3n) is 3.61. The van der Waals surface area contributed by atoms with Crippen LogP contribution in [0, 0.1) is 0 Å². The van der Waals surface area contributed by atoms with E-state index in [2.05, 4.69) is 4.98 Å². The van der Waals surface area contributed by atoms with Crippen molar-refractivity contribution in [3.8, 4) is 5.75 Å². The first-order chi connectivity index (χ1) is 10.5. The van der Waals surface area contributed by atoms with Crippen LogP contribution in [0.5, 0.6) is 5.75 Å². The zero-order valence-corrected chi connectivity index (χ0v) is 11.3. The minimum Gasteiger partial charge on any atom is -0.479 e. The van der Waals surface area contributed by atoms with E-state index in [0.717, 1.165) is 5.52 Å². The summed E-state index contributed by atoms with van der Waals surface area (Å²) < 4.78 is 10.6. The fraction of sp³-hybridized carbons (Fsp3) is 0.357. The smallest absolute Gasteiger partial charge is 0.335 e. The Kier molecular flexibility index (Phi) is 3.75. The molecule has 1 saturated heterocycles. The number of H-pyrrole nitrogens is 1. The maximum Gasteiger partial charge on any atom is 0.335 e. The van der Waals surface area contributed by atoms with E-state index in [1.54, 1.807) is 12.1 Å². The van der Waals surface area contributed by atoms with E-state index >= 15 is 0 Å². The normalized spacial score (nSPS) is 32.0. The van der Waals surface area contributed by atoms with Crippen molar-refractivity contribution in [1.82, 2.24) is 4.98 Å². The Morgan fingerprint density at radius 1 is 1.14 bits per heavy atom. The summed E-state index contributed by atoms with van der Waals surface area (Å²) in [6, 6.07) is 7.21. The van der Waals surface area contributed by atoms with Gasteiger partial charge in [-0.3, -0.25) is 0 Å². The first-order valence-corrected chi connectivity index (χ1v) is 6.64. The zero-order valence-electron chi connectivity index (χ0n) is 11.3. The van der Waals surface area contributed by atoms with Crippen LogP contribution in [0.4, 0.5) is 0 Å². The highest BCUT2D eigenvalue weighted by Crippen LogP contribution is 2.29. The summed E-state index contributed by atoms with van der Waals surface area (Å²) in [6.45, 7) is 0. The number of aliphatic carboxylic acids is 1. The van der Waals surface area contributed by atoms with E-state index in [-0.39, 0.29) is 0 Å². The van der Waals surface area contributed by atoms with Gasteiger partial charge >= 0.3 is 5.97 Å². The SMILES string of the molecule is O=C(O)[C@@H]1O[C@@H](Oc2c[nH]c3ccccc23)[C@@H](O)[C@H](O)[C@H]1O. The summed E-state index contributed by atoms with van der Waals surface area (Å²) in [7, 11) is 0. The lowest BCUT2D eigenvalue weighted by Gasteiger charge is -2.38. The minimum atomic E-state index is -1.74. The van der Waals surface area contributed by atoms with Crippen LogP contribution >= 0.6 is 0 Å². The molecule has 0 amide bonds. The van der Waals surface area contributed by atoms with Gasteiger partial charge in [0.2, 0.25) is 6.29 Å². The zero-order chi connectivity index (χ0) is 15.9. The number of benzene rings is 1. The van der Waals surface area contributed by atoms with Gasteiger partial charge in [0.25, 0.3) is 0 Å². The van der Waals surface area contributed by atoms with Gasteiger partial charge in [-0.15, -0.1) is 0 Å². The molecule has 2 heterocycles. The molecule has 0 unspecified atom stereocenters. The Morgan fingerprint density at radius 3 is 2.59 bits per heavy atom. The van der Waals surface area contributed by atoms with Crippen molar-refractivity contribution in [3.63, 3.8) is 0 Å². The van der Waals surface area contributed by atoms with Crippen LogP contribution in [0.1, 0.15) is 0 Å². The van der Waals surface area contributed by atoms with Crippen molar-refractivity contribution in [2.45, 2.75) is 30.7 Å². The highest BCUT2D eigenvalue weighted by molar-refractivity contribution is 5.85. The van der Waals surface area contributed by atoms with Gasteiger partial charge in [-0.1, -0.05) is 12.1 Å². The molecule has 118 valence electrons. The number of aromatic amines is 1. The van der Waals surface area contributed by atoms with Crippen LogP contribution in [-0.4, -0.2) is 62.1 Å². The van der Waals surface area contributed by atoms with Gasteiger partial charge < -0.3 is 34.9 Å². The molecule has 1 aliphatic rings. The van der Waals surface area contributed by atoms with Crippen LogP contribution < -0.4 is 4.74 Å². The van der Waals surface area contributed by atoms with Crippen LogP contribution in [0.2, 0.25) is 0 Å². The molecule has 0 saturated carbocycles. The molecule has 5 atom stereocenters. The highest BCUT2D eigenvalue weighted by atomic mass is 16.7. The van der Waals surface area contributed by atoms with Crippen molar-refractivity contribution >= 4 is 16.9 Å². The second kappa shape index (κ2) is 5.58. The van der Waals surface area contributed by atoms with E-state index in [4.69, 9.17) is 14.6 Å². The van der Waals surface area contributed by atoms with Gasteiger partial charge in [0.15, 0.2) is 6.10 Å². The lowest BCUT2D eigenvalue weighted by atomic mass is 9.99. The molecule has 8 heteroatoms. The van der Waals surface area contributed by atoms with E-state index in [1.165, 1.54) is 6.20 Å². The Balaban J connectivity index is 1.85. The summed E-state index contributed by atoms with van der Waals surface area (Å²) >= 11 is 0. The van der Waals surface area contributed by atoms with Gasteiger partial charge in [0, 0.05) is 17.1 Å². The second-order valence-electron chi connectivity index (χ2n) is 5.05. The van der Waals surface area contributed by atoms with E-state index in [1.807, 2.05) is 12.1 Å². The molecule has 0 aliphatic carbocycles. The fourth-order valence-corrected chi connectivity index (χ4v) is 2.42. The number of carboxylic acids is 1. The Hall–Kier alpha value is -2.13. The number of para-hydroxylation sites is 1. The predicted molar refractivity (Wildman–Crippen MR) is 73.2 cm³/mol. The Morgan fingerprint density at radius 2 is 1.86 bits per heavy atom. The quantitative estimate of drug-likeness (QED) is 0.513. The first kappa shape index (κ1) is 14.8. The molecular formula is C14H15NO7. The van der Waals surface area contributed by atoms with Gasteiger partial charge in [0.05, 0.1) is 0 Å². The van der Waals surface area contributed by atoms with Gasteiger partial charge in [0.1, 0.15) is 24.1 Å². The molecule has 0 radical (unpaired) electrons. The predicted octanol–water partition coefficient (Wildman–Crippen LogP) is -0.561. The molecule has 0 spiro atoms. The number of aliphatic hydroxyl groups is 3. The maximum absolute atomic E-state index is 11.0. The highest BCUT2D eigenvalue weighted by Gasteiger charge is 2.48. The average Bonchev–Trinajstić information content (AvgIpc) is 2.91. The summed E-state index contributed by atoms with van der Waals surface area (Å²) in [5.41, 5.74) is 0.790. The molecule has 1 fully saturated rings. The number of ether oxygens (including phenoxy) is 2. The number of hydrogen-bond acceptors (Lipinski definition) is 6. The number of carbonyl (C=O) groups is 1. The summed E-state index contributed by atoms with van der Waals surface area (Å²) in [5.74, 6) is -1.11. The van der Waals surface area contributed by atoms with Crippen LogP contribution in [0.25, 0.3) is 10.9 Å². The molecule has 0 bridgehead atoms. The van der Waals surface area contributed by atoms with Crippen molar-refractivity contribution < 1.29 is 34.7 Å². The molecule has 1 aromatic carbocycles. The van der Waals surface area contributed by atoms with Crippen LogP contribution in [0.3, 0.4) is 0 Å². The molecular weight excluding hydrogens is 294 g/mol. The molecule has 1 aliphatic heterocycles. The molecule has 8 nitrogen and oxygen atoms in total. The monoisotopic (exact) mass is 309 g/mol. The van der Waals surface area contributed by atoms with Crippen LogP contribution in [-0.2, 0) is 9.53 Å². The number of aromatic nitrogens is 1. The molecule has 3 rings (SSSR count). The third-order valence-corrected chi connectivity index (χ3v) is 3.61. The van der Waals surface area contributed by atoms with Crippen molar-refractivity contribution in [3.05, 3.63) is 30.5 Å². The summed E-state index contributed by atoms with van der Waals surface area (Å²) in [5, 5.41) is 39.0. The van der Waals surface area contributed by atoms with Crippen molar-refractivity contribution in [2.75, 3.05) is 0 Å². The van der Waals surface area contributed by atoms with Gasteiger partial charge in [-0.2, -0.15) is 0 Å². The van der Waals surface area contributed by atoms with E-state index < -0.39 is 36.7 Å². The number of carboxylic acid groups (broad SMARTS) is 1. The number of hydrogen-bond donors (Lipinski definition) is 5. The molecule has 2 aromatic rings. The topological polar surface area (TPSA) is 132 Å².